The van der Waals surface area contributed by atoms with Crippen LogP contribution in [0.2, 0.25) is 0 Å². The van der Waals surface area contributed by atoms with Crippen LogP contribution in [0, 0.1) is 0 Å². The number of hydrogen-bond acceptors (Lipinski definition) is 4. The summed E-state index contributed by atoms with van der Waals surface area (Å²) in [5, 5.41) is 15.1. The predicted molar refractivity (Wildman–Crippen MR) is 67.6 cm³/mol. The van der Waals surface area contributed by atoms with Crippen LogP contribution in [0.4, 0.5) is 5.69 Å². The lowest BCUT2D eigenvalue weighted by Crippen LogP contribution is -2.08. The van der Waals surface area contributed by atoms with E-state index in [0.29, 0.717) is 12.6 Å². The summed E-state index contributed by atoms with van der Waals surface area (Å²) < 4.78 is 3.00. The Balaban J connectivity index is 1.67. The first kappa shape index (κ1) is 10.7. The minimum absolute atomic E-state index is 0.520. The largest absolute Gasteiger partial charge is 0.378 e. The fourth-order valence-electron chi connectivity index (χ4n) is 1.68. The summed E-state index contributed by atoms with van der Waals surface area (Å²) in [6, 6.07) is 8.58. The Morgan fingerprint density at radius 2 is 2.06 bits per heavy atom. The maximum absolute atomic E-state index is 4.04. The SMILES string of the molecule is Brc1ccc(NCc2nnnn2C2CC2)cc1. The number of nitrogens with one attached hydrogen (secondary N) is 1. The Morgan fingerprint density at radius 1 is 1.29 bits per heavy atom. The second kappa shape index (κ2) is 4.44. The molecule has 0 aliphatic heterocycles. The van der Waals surface area contributed by atoms with Crippen LogP contribution in [0.5, 0.6) is 0 Å². The van der Waals surface area contributed by atoms with Gasteiger partial charge in [-0.2, -0.15) is 0 Å². The molecule has 0 atom stereocenters. The number of benzene rings is 1. The monoisotopic (exact) mass is 293 g/mol. The van der Waals surface area contributed by atoms with E-state index in [0.717, 1.165) is 16.0 Å². The van der Waals surface area contributed by atoms with Gasteiger partial charge in [0.15, 0.2) is 5.82 Å². The molecule has 5 nitrogen and oxygen atoms in total. The maximum Gasteiger partial charge on any atom is 0.170 e. The molecule has 1 heterocycles. The maximum atomic E-state index is 4.04. The lowest BCUT2D eigenvalue weighted by Gasteiger charge is -2.06. The quantitative estimate of drug-likeness (QED) is 0.940. The Kier molecular flexibility index (Phi) is 2.80. The zero-order valence-electron chi connectivity index (χ0n) is 9.17. The lowest BCUT2D eigenvalue weighted by molar-refractivity contribution is 0.586. The molecule has 17 heavy (non-hydrogen) atoms. The number of nitrogens with zero attached hydrogens (tertiary/aromatic N) is 4. The molecule has 6 heteroatoms. The van der Waals surface area contributed by atoms with Crippen molar-refractivity contribution in [1.82, 2.24) is 20.2 Å². The summed E-state index contributed by atoms with van der Waals surface area (Å²) in [5.74, 6) is 0.899. The molecule has 0 spiro atoms. The number of halogens is 1. The molecule has 1 fully saturated rings. The molecule has 0 radical (unpaired) electrons. The Hall–Kier alpha value is -1.43. The smallest absolute Gasteiger partial charge is 0.170 e. The molecule has 0 bridgehead atoms. The van der Waals surface area contributed by atoms with Crippen LogP contribution in [0.1, 0.15) is 24.7 Å². The molecule has 88 valence electrons. The third kappa shape index (κ3) is 2.46. The molecular weight excluding hydrogens is 282 g/mol. The summed E-state index contributed by atoms with van der Waals surface area (Å²) >= 11 is 3.41. The van der Waals surface area contributed by atoms with E-state index >= 15 is 0 Å². The average molecular weight is 294 g/mol. The molecule has 0 amide bonds. The molecule has 1 aliphatic carbocycles. The first-order chi connectivity index (χ1) is 8.33. The first-order valence-corrected chi connectivity index (χ1v) is 6.38. The predicted octanol–water partition coefficient (Wildman–Crippen LogP) is 2.38. The van der Waals surface area contributed by atoms with E-state index in [1.54, 1.807) is 0 Å². The van der Waals surface area contributed by atoms with Crippen molar-refractivity contribution >= 4 is 21.6 Å². The van der Waals surface area contributed by atoms with Gasteiger partial charge in [0.25, 0.3) is 0 Å². The van der Waals surface area contributed by atoms with E-state index in [-0.39, 0.29) is 0 Å². The number of anilines is 1. The number of hydrogen-bond donors (Lipinski definition) is 1. The highest BCUT2D eigenvalue weighted by Crippen LogP contribution is 2.34. The highest BCUT2D eigenvalue weighted by atomic mass is 79.9. The van der Waals surface area contributed by atoms with Gasteiger partial charge in [-0.3, -0.25) is 0 Å². The minimum atomic E-state index is 0.520. The van der Waals surface area contributed by atoms with Gasteiger partial charge < -0.3 is 5.32 Å². The summed E-state index contributed by atoms with van der Waals surface area (Å²) in [6.45, 7) is 0.658. The highest BCUT2D eigenvalue weighted by Gasteiger charge is 2.27. The molecule has 2 aromatic rings. The molecular formula is C11H12BrN5. The van der Waals surface area contributed by atoms with Crippen LogP contribution in [0.15, 0.2) is 28.7 Å². The number of aromatic nitrogens is 4. The van der Waals surface area contributed by atoms with Crippen LogP contribution < -0.4 is 5.32 Å². The summed E-state index contributed by atoms with van der Waals surface area (Å²) in [5.41, 5.74) is 1.07. The van der Waals surface area contributed by atoms with Gasteiger partial charge in [0.1, 0.15) is 0 Å². The average Bonchev–Trinajstić information content (AvgIpc) is 3.08. The first-order valence-electron chi connectivity index (χ1n) is 5.59. The van der Waals surface area contributed by atoms with E-state index in [1.807, 2.05) is 28.9 Å². The van der Waals surface area contributed by atoms with E-state index < -0.39 is 0 Å². The molecule has 1 N–H and O–H groups in total. The number of rotatable bonds is 4. The van der Waals surface area contributed by atoms with Crippen LogP contribution in [-0.2, 0) is 6.54 Å². The van der Waals surface area contributed by atoms with Gasteiger partial charge >= 0.3 is 0 Å². The van der Waals surface area contributed by atoms with Gasteiger partial charge in [0.05, 0.1) is 12.6 Å². The van der Waals surface area contributed by atoms with E-state index in [2.05, 4.69) is 36.8 Å². The van der Waals surface area contributed by atoms with Gasteiger partial charge in [0.2, 0.25) is 0 Å². The Bertz CT molecular complexity index is 503. The van der Waals surface area contributed by atoms with Gasteiger partial charge in [-0.15, -0.1) is 5.10 Å². The Morgan fingerprint density at radius 3 is 2.76 bits per heavy atom. The van der Waals surface area contributed by atoms with Crippen LogP contribution in [0.25, 0.3) is 0 Å². The normalized spacial score (nSPS) is 14.9. The van der Waals surface area contributed by atoms with Gasteiger partial charge in [0, 0.05) is 10.2 Å². The third-order valence-electron chi connectivity index (χ3n) is 2.75. The zero-order chi connectivity index (χ0) is 11.7. The molecule has 1 saturated carbocycles. The minimum Gasteiger partial charge on any atom is -0.378 e. The van der Waals surface area contributed by atoms with Crippen molar-refractivity contribution in [2.45, 2.75) is 25.4 Å². The zero-order valence-corrected chi connectivity index (χ0v) is 10.8. The summed E-state index contributed by atoms with van der Waals surface area (Å²) in [7, 11) is 0. The van der Waals surface area contributed by atoms with E-state index in [1.165, 1.54) is 12.8 Å². The summed E-state index contributed by atoms with van der Waals surface area (Å²) in [6.07, 6.45) is 2.38. The van der Waals surface area contributed by atoms with E-state index in [4.69, 9.17) is 0 Å². The van der Waals surface area contributed by atoms with Gasteiger partial charge in [-0.1, -0.05) is 15.9 Å². The van der Waals surface area contributed by atoms with Crippen LogP contribution in [0.3, 0.4) is 0 Å². The van der Waals surface area contributed by atoms with E-state index in [9.17, 15) is 0 Å². The second-order valence-electron chi connectivity index (χ2n) is 4.13. The van der Waals surface area contributed by atoms with Crippen molar-refractivity contribution in [3.05, 3.63) is 34.6 Å². The van der Waals surface area contributed by atoms with Crippen molar-refractivity contribution in [3.8, 4) is 0 Å². The van der Waals surface area contributed by atoms with Gasteiger partial charge in [-0.05, 0) is 47.5 Å². The highest BCUT2D eigenvalue weighted by molar-refractivity contribution is 9.10. The van der Waals surface area contributed by atoms with Crippen molar-refractivity contribution < 1.29 is 0 Å². The molecule has 0 saturated heterocycles. The van der Waals surface area contributed by atoms with Crippen LogP contribution in [-0.4, -0.2) is 20.2 Å². The molecule has 3 rings (SSSR count). The van der Waals surface area contributed by atoms with Crippen LogP contribution >= 0.6 is 15.9 Å². The molecule has 0 unspecified atom stereocenters. The molecule has 1 aromatic heterocycles. The Labute approximate surface area is 107 Å². The van der Waals surface area contributed by atoms with Crippen molar-refractivity contribution in [2.75, 3.05) is 5.32 Å². The fourth-order valence-corrected chi connectivity index (χ4v) is 1.94. The van der Waals surface area contributed by atoms with Crippen molar-refractivity contribution in [3.63, 3.8) is 0 Å². The van der Waals surface area contributed by atoms with Crippen molar-refractivity contribution in [2.24, 2.45) is 0 Å². The molecule has 1 aromatic carbocycles. The topological polar surface area (TPSA) is 55.6 Å². The lowest BCUT2D eigenvalue weighted by atomic mass is 10.3. The second-order valence-corrected chi connectivity index (χ2v) is 5.05. The van der Waals surface area contributed by atoms with Gasteiger partial charge in [-0.25, -0.2) is 4.68 Å². The third-order valence-corrected chi connectivity index (χ3v) is 3.28. The molecule has 1 aliphatic rings. The van der Waals surface area contributed by atoms with Crippen molar-refractivity contribution in [1.29, 1.82) is 0 Å². The summed E-state index contributed by atoms with van der Waals surface area (Å²) in [4.78, 5) is 0. The number of tetrazole rings is 1. The fraction of sp³-hybridized carbons (Fsp3) is 0.364. The standard InChI is InChI=1S/C11H12BrN5/c12-8-1-3-9(4-2-8)13-7-11-14-15-16-17(11)10-5-6-10/h1-4,10,13H,5-7H2.